The fraction of sp³-hybridized carbons (Fsp3) is 0.429. The number of benzene rings is 1. The SMILES string of the molecule is COc1cccc(C[C@@H](NC(=O)C2CC2)C(N)=O)c1. The van der Waals surface area contributed by atoms with Gasteiger partial charge < -0.3 is 15.8 Å². The van der Waals surface area contributed by atoms with Crippen molar-refractivity contribution in [3.05, 3.63) is 29.8 Å². The molecule has 1 aromatic carbocycles. The predicted octanol–water partition coefficient (Wildman–Crippen LogP) is 0.618. The second kappa shape index (κ2) is 5.73. The molecule has 102 valence electrons. The number of primary amides is 1. The fourth-order valence-corrected chi connectivity index (χ4v) is 1.89. The first-order valence-corrected chi connectivity index (χ1v) is 6.32. The molecule has 1 atom stereocenters. The largest absolute Gasteiger partial charge is 0.497 e. The zero-order chi connectivity index (χ0) is 13.8. The molecule has 2 amide bonds. The summed E-state index contributed by atoms with van der Waals surface area (Å²) in [5.41, 5.74) is 6.24. The summed E-state index contributed by atoms with van der Waals surface area (Å²) in [5, 5.41) is 2.71. The van der Waals surface area contributed by atoms with Crippen LogP contribution >= 0.6 is 0 Å². The van der Waals surface area contributed by atoms with E-state index in [0.717, 1.165) is 18.4 Å². The molecule has 1 aliphatic carbocycles. The molecule has 5 heteroatoms. The highest BCUT2D eigenvalue weighted by Gasteiger charge is 2.32. The second-order valence-corrected chi connectivity index (χ2v) is 4.79. The lowest BCUT2D eigenvalue weighted by Crippen LogP contribution is -2.46. The van der Waals surface area contributed by atoms with Crippen LogP contribution in [0, 0.1) is 5.92 Å². The number of ether oxygens (including phenoxy) is 1. The molecular formula is C14H18N2O3. The van der Waals surface area contributed by atoms with Crippen LogP contribution in [0.5, 0.6) is 5.75 Å². The summed E-state index contributed by atoms with van der Waals surface area (Å²) in [5.74, 6) is 0.185. The molecule has 0 heterocycles. The lowest BCUT2D eigenvalue weighted by Gasteiger charge is -2.15. The predicted molar refractivity (Wildman–Crippen MR) is 70.5 cm³/mol. The minimum absolute atomic E-state index is 0.0622. The van der Waals surface area contributed by atoms with Gasteiger partial charge in [0.05, 0.1) is 7.11 Å². The smallest absolute Gasteiger partial charge is 0.240 e. The van der Waals surface area contributed by atoms with Gasteiger partial charge >= 0.3 is 0 Å². The second-order valence-electron chi connectivity index (χ2n) is 4.79. The molecule has 0 bridgehead atoms. The molecule has 1 aliphatic rings. The Morgan fingerprint density at radius 2 is 2.21 bits per heavy atom. The van der Waals surface area contributed by atoms with E-state index in [0.29, 0.717) is 12.2 Å². The van der Waals surface area contributed by atoms with Crippen molar-refractivity contribution in [1.82, 2.24) is 5.32 Å². The molecule has 0 spiro atoms. The summed E-state index contributed by atoms with van der Waals surface area (Å²) in [6, 6.07) is 6.71. The van der Waals surface area contributed by atoms with Gasteiger partial charge in [-0.25, -0.2) is 0 Å². The molecule has 1 saturated carbocycles. The highest BCUT2D eigenvalue weighted by molar-refractivity contribution is 5.88. The lowest BCUT2D eigenvalue weighted by atomic mass is 10.0. The normalized spacial score (nSPS) is 15.6. The van der Waals surface area contributed by atoms with Crippen LogP contribution in [0.3, 0.4) is 0 Å². The molecule has 0 unspecified atom stereocenters. The Balaban J connectivity index is 2.02. The number of methoxy groups -OCH3 is 1. The highest BCUT2D eigenvalue weighted by atomic mass is 16.5. The maximum absolute atomic E-state index is 11.7. The van der Waals surface area contributed by atoms with Crippen LogP contribution in [0.2, 0.25) is 0 Å². The molecule has 3 N–H and O–H groups in total. The maximum Gasteiger partial charge on any atom is 0.240 e. The minimum atomic E-state index is -0.666. The van der Waals surface area contributed by atoms with E-state index >= 15 is 0 Å². The number of hydrogen-bond donors (Lipinski definition) is 2. The number of carbonyl (C=O) groups excluding carboxylic acids is 2. The van der Waals surface area contributed by atoms with Crippen LogP contribution in [0.4, 0.5) is 0 Å². The lowest BCUT2D eigenvalue weighted by molar-refractivity contribution is -0.128. The summed E-state index contributed by atoms with van der Waals surface area (Å²) < 4.78 is 5.12. The van der Waals surface area contributed by atoms with Gasteiger partial charge in [0, 0.05) is 12.3 Å². The van der Waals surface area contributed by atoms with Crippen molar-refractivity contribution in [2.45, 2.75) is 25.3 Å². The third-order valence-corrected chi connectivity index (χ3v) is 3.18. The highest BCUT2D eigenvalue weighted by Crippen LogP contribution is 2.29. The molecule has 1 fully saturated rings. The first kappa shape index (κ1) is 13.4. The molecule has 19 heavy (non-hydrogen) atoms. The standard InChI is InChI=1S/C14H18N2O3/c1-19-11-4-2-3-9(7-11)8-12(13(15)17)16-14(18)10-5-6-10/h2-4,7,10,12H,5-6,8H2,1H3,(H2,15,17)(H,16,18)/t12-/m1/s1. The molecule has 0 aromatic heterocycles. The number of amides is 2. The van der Waals surface area contributed by atoms with Crippen LogP contribution in [0.1, 0.15) is 18.4 Å². The third kappa shape index (κ3) is 3.71. The first-order valence-electron chi connectivity index (χ1n) is 6.32. The van der Waals surface area contributed by atoms with Gasteiger partial charge in [0.2, 0.25) is 11.8 Å². The number of carbonyl (C=O) groups is 2. The van der Waals surface area contributed by atoms with Crippen molar-refractivity contribution in [2.24, 2.45) is 11.7 Å². The Hall–Kier alpha value is -2.04. The summed E-state index contributed by atoms with van der Waals surface area (Å²) in [6.45, 7) is 0. The average molecular weight is 262 g/mol. The van der Waals surface area contributed by atoms with Crippen molar-refractivity contribution < 1.29 is 14.3 Å². The molecule has 0 aliphatic heterocycles. The Morgan fingerprint density at radius 1 is 1.47 bits per heavy atom. The topological polar surface area (TPSA) is 81.4 Å². The van der Waals surface area contributed by atoms with Gasteiger partial charge in [-0.3, -0.25) is 9.59 Å². The minimum Gasteiger partial charge on any atom is -0.497 e. The maximum atomic E-state index is 11.7. The van der Waals surface area contributed by atoms with Gasteiger partial charge in [0.15, 0.2) is 0 Å². The summed E-state index contributed by atoms with van der Waals surface area (Å²) >= 11 is 0. The van der Waals surface area contributed by atoms with E-state index in [1.807, 2.05) is 24.3 Å². The van der Waals surface area contributed by atoms with Gasteiger partial charge in [-0.15, -0.1) is 0 Å². The summed E-state index contributed by atoms with van der Waals surface area (Å²) in [7, 11) is 1.58. The van der Waals surface area contributed by atoms with E-state index in [1.54, 1.807) is 7.11 Å². The Morgan fingerprint density at radius 3 is 2.79 bits per heavy atom. The molecule has 0 saturated heterocycles. The average Bonchev–Trinajstić information content (AvgIpc) is 3.22. The summed E-state index contributed by atoms with van der Waals surface area (Å²) in [6.07, 6.45) is 2.18. The number of nitrogens with two attached hydrogens (primary N) is 1. The van der Waals surface area contributed by atoms with Crippen molar-refractivity contribution >= 4 is 11.8 Å². The number of nitrogens with one attached hydrogen (secondary N) is 1. The van der Waals surface area contributed by atoms with Gasteiger partial charge in [0.25, 0.3) is 0 Å². The van der Waals surface area contributed by atoms with Crippen LogP contribution in [-0.4, -0.2) is 25.0 Å². The van der Waals surface area contributed by atoms with E-state index in [-0.39, 0.29) is 11.8 Å². The van der Waals surface area contributed by atoms with E-state index in [2.05, 4.69) is 5.32 Å². The fourth-order valence-electron chi connectivity index (χ4n) is 1.89. The quantitative estimate of drug-likeness (QED) is 0.788. The third-order valence-electron chi connectivity index (χ3n) is 3.18. The first-order chi connectivity index (χ1) is 9.10. The Kier molecular flexibility index (Phi) is 4.04. The van der Waals surface area contributed by atoms with E-state index < -0.39 is 11.9 Å². The molecule has 1 aromatic rings. The van der Waals surface area contributed by atoms with Crippen LogP contribution in [0.15, 0.2) is 24.3 Å². The van der Waals surface area contributed by atoms with Crippen LogP contribution < -0.4 is 15.8 Å². The number of hydrogen-bond acceptors (Lipinski definition) is 3. The van der Waals surface area contributed by atoms with Crippen molar-refractivity contribution in [3.8, 4) is 5.75 Å². The van der Waals surface area contributed by atoms with Gasteiger partial charge in [-0.2, -0.15) is 0 Å². The molecule has 0 radical (unpaired) electrons. The van der Waals surface area contributed by atoms with E-state index in [9.17, 15) is 9.59 Å². The van der Waals surface area contributed by atoms with Crippen LogP contribution in [0.25, 0.3) is 0 Å². The summed E-state index contributed by atoms with van der Waals surface area (Å²) in [4.78, 5) is 23.1. The van der Waals surface area contributed by atoms with E-state index in [4.69, 9.17) is 10.5 Å². The van der Waals surface area contributed by atoms with Crippen molar-refractivity contribution in [1.29, 1.82) is 0 Å². The van der Waals surface area contributed by atoms with Gasteiger partial charge in [-0.1, -0.05) is 12.1 Å². The van der Waals surface area contributed by atoms with Gasteiger partial charge in [0.1, 0.15) is 11.8 Å². The number of rotatable bonds is 6. The molecular weight excluding hydrogens is 244 g/mol. The van der Waals surface area contributed by atoms with Crippen LogP contribution in [-0.2, 0) is 16.0 Å². The monoisotopic (exact) mass is 262 g/mol. The molecule has 2 rings (SSSR count). The Bertz CT molecular complexity index is 483. The van der Waals surface area contributed by atoms with Gasteiger partial charge in [-0.05, 0) is 30.5 Å². The zero-order valence-electron chi connectivity index (χ0n) is 10.9. The van der Waals surface area contributed by atoms with E-state index in [1.165, 1.54) is 0 Å². The molecule has 5 nitrogen and oxygen atoms in total. The van der Waals surface area contributed by atoms with Crippen molar-refractivity contribution in [3.63, 3.8) is 0 Å². The zero-order valence-corrected chi connectivity index (χ0v) is 10.9. The Labute approximate surface area is 112 Å². The van der Waals surface area contributed by atoms with Crippen molar-refractivity contribution in [2.75, 3.05) is 7.11 Å².